The molecular formula is C22H22N6. The van der Waals surface area contributed by atoms with Crippen LogP contribution in [-0.2, 0) is 0 Å². The first kappa shape index (κ1) is 17.6. The molecular weight excluding hydrogens is 348 g/mol. The molecule has 4 rings (SSSR count). The number of nitrogen functional groups attached to an aromatic ring is 2. The summed E-state index contributed by atoms with van der Waals surface area (Å²) in [6.45, 7) is 7.93. The highest BCUT2D eigenvalue weighted by Gasteiger charge is 2.06. The van der Waals surface area contributed by atoms with Gasteiger partial charge in [-0.15, -0.1) is 0 Å². The van der Waals surface area contributed by atoms with Crippen LogP contribution >= 0.6 is 0 Å². The molecule has 0 aliphatic heterocycles. The Balaban J connectivity index is 1.56. The van der Waals surface area contributed by atoms with Gasteiger partial charge in [-0.3, -0.25) is 9.97 Å². The van der Waals surface area contributed by atoms with Gasteiger partial charge in [0.05, 0.1) is 11.0 Å². The number of anilines is 4. The van der Waals surface area contributed by atoms with Crippen LogP contribution < -0.4 is 22.1 Å². The SMILES string of the molecule is C=C(Nc1ccc2nc(C)cc(N)c2c1)Nc1ccc2nc(C)cc(N)c2c1. The third kappa shape index (κ3) is 3.40. The lowest BCUT2D eigenvalue weighted by molar-refractivity contribution is 1.26. The van der Waals surface area contributed by atoms with E-state index in [1.165, 1.54) is 0 Å². The molecule has 140 valence electrons. The van der Waals surface area contributed by atoms with Crippen LogP contribution in [0.5, 0.6) is 0 Å². The third-order valence-corrected chi connectivity index (χ3v) is 4.53. The second-order valence-corrected chi connectivity index (χ2v) is 6.90. The number of benzene rings is 2. The zero-order chi connectivity index (χ0) is 19.8. The van der Waals surface area contributed by atoms with Crippen LogP contribution in [-0.4, -0.2) is 9.97 Å². The molecule has 4 aromatic rings. The maximum atomic E-state index is 6.13. The van der Waals surface area contributed by atoms with E-state index in [-0.39, 0.29) is 0 Å². The molecule has 6 heteroatoms. The van der Waals surface area contributed by atoms with Gasteiger partial charge in [0, 0.05) is 44.9 Å². The van der Waals surface area contributed by atoms with E-state index < -0.39 is 0 Å². The van der Waals surface area contributed by atoms with Crippen LogP contribution in [0.4, 0.5) is 22.7 Å². The fourth-order valence-electron chi connectivity index (χ4n) is 3.31. The molecule has 0 unspecified atom stereocenters. The van der Waals surface area contributed by atoms with Gasteiger partial charge in [-0.05, 0) is 62.4 Å². The first-order chi connectivity index (χ1) is 13.4. The van der Waals surface area contributed by atoms with E-state index in [0.717, 1.165) is 44.6 Å². The third-order valence-electron chi connectivity index (χ3n) is 4.53. The Morgan fingerprint density at radius 1 is 0.750 bits per heavy atom. The van der Waals surface area contributed by atoms with E-state index in [1.807, 2.05) is 62.4 Å². The highest BCUT2D eigenvalue weighted by molar-refractivity contribution is 5.94. The number of hydrogen-bond acceptors (Lipinski definition) is 6. The molecule has 0 fully saturated rings. The Bertz CT molecular complexity index is 1130. The van der Waals surface area contributed by atoms with Crippen molar-refractivity contribution < 1.29 is 0 Å². The molecule has 0 aliphatic rings. The lowest BCUT2D eigenvalue weighted by Gasteiger charge is -2.14. The van der Waals surface area contributed by atoms with Crippen LogP contribution in [0.15, 0.2) is 60.9 Å². The van der Waals surface area contributed by atoms with Crippen LogP contribution in [0.1, 0.15) is 11.4 Å². The predicted molar refractivity (Wildman–Crippen MR) is 118 cm³/mol. The lowest BCUT2D eigenvalue weighted by Crippen LogP contribution is -2.08. The Labute approximate surface area is 163 Å². The number of nitrogens with zero attached hydrogens (tertiary/aromatic N) is 2. The summed E-state index contributed by atoms with van der Waals surface area (Å²) >= 11 is 0. The van der Waals surface area contributed by atoms with E-state index in [4.69, 9.17) is 11.5 Å². The quantitative estimate of drug-likeness (QED) is 0.420. The Morgan fingerprint density at radius 2 is 1.18 bits per heavy atom. The van der Waals surface area contributed by atoms with Crippen molar-refractivity contribution >= 4 is 44.6 Å². The van der Waals surface area contributed by atoms with E-state index in [1.54, 1.807) is 0 Å². The second-order valence-electron chi connectivity index (χ2n) is 6.90. The van der Waals surface area contributed by atoms with E-state index >= 15 is 0 Å². The summed E-state index contributed by atoms with van der Waals surface area (Å²) in [6, 6.07) is 15.5. The van der Waals surface area contributed by atoms with Gasteiger partial charge in [-0.1, -0.05) is 6.58 Å². The van der Waals surface area contributed by atoms with Crippen molar-refractivity contribution in [2.45, 2.75) is 13.8 Å². The van der Waals surface area contributed by atoms with Gasteiger partial charge in [-0.2, -0.15) is 0 Å². The van der Waals surface area contributed by atoms with Crippen molar-refractivity contribution in [3.8, 4) is 0 Å². The molecule has 0 spiro atoms. The summed E-state index contributed by atoms with van der Waals surface area (Å²) in [5.74, 6) is 0.635. The Kier molecular flexibility index (Phi) is 4.24. The van der Waals surface area contributed by atoms with Gasteiger partial charge in [0.1, 0.15) is 5.82 Å². The molecule has 0 radical (unpaired) electrons. The molecule has 0 saturated carbocycles. The second kappa shape index (κ2) is 6.74. The molecule has 28 heavy (non-hydrogen) atoms. The smallest absolute Gasteiger partial charge is 0.100 e. The summed E-state index contributed by atoms with van der Waals surface area (Å²) in [5.41, 5.74) is 19.0. The monoisotopic (exact) mass is 370 g/mol. The summed E-state index contributed by atoms with van der Waals surface area (Å²) in [7, 11) is 0. The van der Waals surface area contributed by atoms with Gasteiger partial charge in [-0.25, -0.2) is 0 Å². The molecule has 0 aliphatic carbocycles. The molecule has 6 nitrogen and oxygen atoms in total. The summed E-state index contributed by atoms with van der Waals surface area (Å²) < 4.78 is 0. The van der Waals surface area contributed by atoms with Crippen molar-refractivity contribution in [3.05, 3.63) is 72.3 Å². The minimum Gasteiger partial charge on any atom is -0.398 e. The number of nitrogens with two attached hydrogens (primary N) is 2. The van der Waals surface area contributed by atoms with E-state index in [9.17, 15) is 0 Å². The Morgan fingerprint density at radius 3 is 1.61 bits per heavy atom. The highest BCUT2D eigenvalue weighted by atomic mass is 15.1. The average Bonchev–Trinajstić information content (AvgIpc) is 2.62. The number of fused-ring (bicyclic) bond motifs is 2. The van der Waals surface area contributed by atoms with Gasteiger partial charge in [0.25, 0.3) is 0 Å². The normalized spacial score (nSPS) is 10.9. The lowest BCUT2D eigenvalue weighted by atomic mass is 10.1. The van der Waals surface area contributed by atoms with Gasteiger partial charge in [0.2, 0.25) is 0 Å². The van der Waals surface area contributed by atoms with Crippen LogP contribution in [0.25, 0.3) is 21.8 Å². The number of aryl methyl sites for hydroxylation is 2. The minimum atomic E-state index is 0.635. The highest BCUT2D eigenvalue weighted by Crippen LogP contribution is 2.26. The van der Waals surface area contributed by atoms with E-state index in [0.29, 0.717) is 17.2 Å². The molecule has 0 bridgehead atoms. The topological polar surface area (TPSA) is 102 Å². The maximum Gasteiger partial charge on any atom is 0.100 e. The van der Waals surface area contributed by atoms with Crippen LogP contribution in [0.2, 0.25) is 0 Å². The van der Waals surface area contributed by atoms with Gasteiger partial charge >= 0.3 is 0 Å². The summed E-state index contributed by atoms with van der Waals surface area (Å²) in [4.78, 5) is 9.01. The molecule has 2 aromatic heterocycles. The number of hydrogen-bond donors (Lipinski definition) is 4. The van der Waals surface area contributed by atoms with Crippen molar-refractivity contribution in [1.29, 1.82) is 0 Å². The minimum absolute atomic E-state index is 0.635. The number of pyridine rings is 2. The fourth-order valence-corrected chi connectivity index (χ4v) is 3.31. The maximum absolute atomic E-state index is 6.13. The first-order valence-electron chi connectivity index (χ1n) is 8.96. The Hall–Kier alpha value is -3.80. The number of nitrogens with one attached hydrogen (secondary N) is 2. The van der Waals surface area contributed by atoms with Gasteiger partial charge in [0.15, 0.2) is 0 Å². The molecule has 0 atom stereocenters. The zero-order valence-electron chi connectivity index (χ0n) is 15.9. The average molecular weight is 370 g/mol. The predicted octanol–water partition coefficient (Wildman–Crippen LogP) is 4.56. The van der Waals surface area contributed by atoms with Crippen molar-refractivity contribution in [3.63, 3.8) is 0 Å². The van der Waals surface area contributed by atoms with Crippen molar-refractivity contribution in [2.24, 2.45) is 0 Å². The van der Waals surface area contributed by atoms with E-state index in [2.05, 4.69) is 27.2 Å². The van der Waals surface area contributed by atoms with Crippen LogP contribution in [0.3, 0.4) is 0 Å². The standard InChI is InChI=1S/C22H22N6/c1-12-8-19(23)17-10-15(4-6-21(17)25-12)27-14(3)28-16-5-7-22-18(11-16)20(24)9-13(2)26-22/h4-11,27-28H,3H2,1-2H3,(H2,23,25)(H2,24,26). The van der Waals surface area contributed by atoms with Crippen molar-refractivity contribution in [1.82, 2.24) is 9.97 Å². The fraction of sp³-hybridized carbons (Fsp3) is 0.0909. The van der Waals surface area contributed by atoms with Gasteiger partial charge < -0.3 is 22.1 Å². The van der Waals surface area contributed by atoms with Crippen molar-refractivity contribution in [2.75, 3.05) is 22.1 Å². The molecule has 6 N–H and O–H groups in total. The van der Waals surface area contributed by atoms with Crippen LogP contribution in [0, 0.1) is 13.8 Å². The summed E-state index contributed by atoms with van der Waals surface area (Å²) in [5, 5.41) is 8.33. The largest absolute Gasteiger partial charge is 0.398 e. The zero-order valence-corrected chi connectivity index (χ0v) is 15.9. The number of aromatic nitrogens is 2. The molecule has 0 amide bonds. The first-order valence-corrected chi connectivity index (χ1v) is 8.96. The summed E-state index contributed by atoms with van der Waals surface area (Å²) in [6.07, 6.45) is 0. The molecule has 2 heterocycles. The number of rotatable bonds is 4. The molecule has 0 saturated heterocycles. The molecule has 2 aromatic carbocycles.